The summed E-state index contributed by atoms with van der Waals surface area (Å²) < 4.78 is 26.9. The van der Waals surface area contributed by atoms with Crippen molar-refractivity contribution in [2.45, 2.75) is 45.4 Å². The smallest absolute Gasteiger partial charge is 0.216 e. The molecule has 0 fully saturated rings. The maximum atomic E-state index is 12.1. The SMILES string of the molecule is CCNCC(C)S(=O)(=O)NC(C)c1ncc(CC)s1. The van der Waals surface area contributed by atoms with Crippen molar-refractivity contribution in [3.8, 4) is 0 Å². The predicted molar refractivity (Wildman–Crippen MR) is 80.0 cm³/mol. The van der Waals surface area contributed by atoms with Gasteiger partial charge < -0.3 is 5.32 Å². The average molecular weight is 305 g/mol. The Bertz CT molecular complexity index is 485. The number of thiazole rings is 1. The van der Waals surface area contributed by atoms with Gasteiger partial charge in [0.2, 0.25) is 10.0 Å². The van der Waals surface area contributed by atoms with Gasteiger partial charge in [0.15, 0.2) is 0 Å². The van der Waals surface area contributed by atoms with Crippen molar-refractivity contribution >= 4 is 21.4 Å². The van der Waals surface area contributed by atoms with Crippen LogP contribution in [0.3, 0.4) is 0 Å². The molecule has 1 aromatic rings. The Labute approximate surface area is 119 Å². The van der Waals surface area contributed by atoms with Gasteiger partial charge in [0.1, 0.15) is 5.01 Å². The van der Waals surface area contributed by atoms with E-state index in [2.05, 4.69) is 21.9 Å². The van der Waals surface area contributed by atoms with Crippen LogP contribution in [-0.4, -0.2) is 31.7 Å². The van der Waals surface area contributed by atoms with E-state index in [1.807, 2.05) is 20.0 Å². The molecule has 1 aromatic heterocycles. The molecule has 1 heterocycles. The molecule has 1 rings (SSSR count). The minimum Gasteiger partial charge on any atom is -0.316 e. The highest BCUT2D eigenvalue weighted by Crippen LogP contribution is 2.21. The summed E-state index contributed by atoms with van der Waals surface area (Å²) in [5.41, 5.74) is 0. The first kappa shape index (κ1) is 16.6. The van der Waals surface area contributed by atoms with Gasteiger partial charge >= 0.3 is 0 Å². The molecule has 0 aliphatic rings. The molecule has 0 saturated heterocycles. The van der Waals surface area contributed by atoms with Gasteiger partial charge in [-0.2, -0.15) is 0 Å². The zero-order chi connectivity index (χ0) is 14.5. The van der Waals surface area contributed by atoms with Crippen molar-refractivity contribution < 1.29 is 8.42 Å². The fourth-order valence-electron chi connectivity index (χ4n) is 1.56. The number of aryl methyl sites for hydroxylation is 1. The van der Waals surface area contributed by atoms with Crippen LogP contribution in [0.4, 0.5) is 0 Å². The summed E-state index contributed by atoms with van der Waals surface area (Å²) in [6.07, 6.45) is 2.74. The summed E-state index contributed by atoms with van der Waals surface area (Å²) in [6.45, 7) is 8.77. The van der Waals surface area contributed by atoms with Crippen LogP contribution in [0.1, 0.15) is 43.6 Å². The molecule has 2 atom stereocenters. The van der Waals surface area contributed by atoms with Crippen molar-refractivity contribution in [1.82, 2.24) is 15.0 Å². The lowest BCUT2D eigenvalue weighted by atomic mass is 10.4. The molecule has 2 unspecified atom stereocenters. The lowest BCUT2D eigenvalue weighted by Gasteiger charge is -2.17. The fourth-order valence-corrected chi connectivity index (χ4v) is 3.66. The van der Waals surface area contributed by atoms with Gasteiger partial charge in [-0.15, -0.1) is 11.3 Å². The van der Waals surface area contributed by atoms with Gasteiger partial charge in [0, 0.05) is 17.6 Å². The van der Waals surface area contributed by atoms with Gasteiger partial charge in [0.25, 0.3) is 0 Å². The number of nitrogens with zero attached hydrogens (tertiary/aromatic N) is 1. The van der Waals surface area contributed by atoms with Gasteiger partial charge in [-0.25, -0.2) is 18.1 Å². The second-order valence-electron chi connectivity index (χ2n) is 4.52. The van der Waals surface area contributed by atoms with E-state index in [-0.39, 0.29) is 6.04 Å². The van der Waals surface area contributed by atoms with Gasteiger partial charge in [-0.3, -0.25) is 0 Å². The van der Waals surface area contributed by atoms with Crippen molar-refractivity contribution in [2.75, 3.05) is 13.1 Å². The summed E-state index contributed by atoms with van der Waals surface area (Å²) in [5, 5.41) is 3.41. The Morgan fingerprint density at radius 3 is 2.58 bits per heavy atom. The summed E-state index contributed by atoms with van der Waals surface area (Å²) in [5.74, 6) is 0. The zero-order valence-corrected chi connectivity index (χ0v) is 13.6. The average Bonchev–Trinajstić information content (AvgIpc) is 2.84. The van der Waals surface area contributed by atoms with Crippen molar-refractivity contribution in [1.29, 1.82) is 0 Å². The van der Waals surface area contributed by atoms with Crippen molar-refractivity contribution in [3.63, 3.8) is 0 Å². The molecular formula is C12H23N3O2S2. The monoisotopic (exact) mass is 305 g/mol. The van der Waals surface area contributed by atoms with Gasteiger partial charge in [-0.1, -0.05) is 13.8 Å². The summed E-state index contributed by atoms with van der Waals surface area (Å²) in [6, 6.07) is -0.278. The normalized spacial score (nSPS) is 15.4. The molecule has 0 radical (unpaired) electrons. The highest BCUT2D eigenvalue weighted by molar-refractivity contribution is 7.90. The molecule has 19 heavy (non-hydrogen) atoms. The van der Waals surface area contributed by atoms with E-state index < -0.39 is 15.3 Å². The summed E-state index contributed by atoms with van der Waals surface area (Å²) in [7, 11) is -3.32. The Hall–Kier alpha value is -0.500. The summed E-state index contributed by atoms with van der Waals surface area (Å²) >= 11 is 1.56. The summed E-state index contributed by atoms with van der Waals surface area (Å²) in [4.78, 5) is 5.44. The second-order valence-corrected chi connectivity index (χ2v) is 7.80. The van der Waals surface area contributed by atoms with Crippen LogP contribution in [0.2, 0.25) is 0 Å². The van der Waals surface area contributed by atoms with Crippen LogP contribution in [0.5, 0.6) is 0 Å². The topological polar surface area (TPSA) is 71.1 Å². The van der Waals surface area contributed by atoms with Crippen LogP contribution in [-0.2, 0) is 16.4 Å². The van der Waals surface area contributed by atoms with E-state index in [0.717, 1.165) is 18.0 Å². The Balaban J connectivity index is 2.66. The van der Waals surface area contributed by atoms with E-state index in [1.54, 1.807) is 18.3 Å². The molecule has 110 valence electrons. The maximum Gasteiger partial charge on any atom is 0.216 e. The fraction of sp³-hybridized carbons (Fsp3) is 0.750. The second kappa shape index (κ2) is 7.33. The Morgan fingerprint density at radius 1 is 1.37 bits per heavy atom. The molecular weight excluding hydrogens is 282 g/mol. The zero-order valence-electron chi connectivity index (χ0n) is 11.9. The van der Waals surface area contributed by atoms with Crippen molar-refractivity contribution in [2.24, 2.45) is 0 Å². The van der Waals surface area contributed by atoms with Crippen molar-refractivity contribution in [3.05, 3.63) is 16.1 Å². The molecule has 5 nitrogen and oxygen atoms in total. The lowest BCUT2D eigenvalue weighted by Crippen LogP contribution is -2.39. The van der Waals surface area contributed by atoms with Crippen LogP contribution >= 0.6 is 11.3 Å². The number of hydrogen-bond donors (Lipinski definition) is 2. The first-order chi connectivity index (χ1) is 8.90. The van der Waals surface area contributed by atoms with Crippen LogP contribution < -0.4 is 10.0 Å². The number of hydrogen-bond acceptors (Lipinski definition) is 5. The molecule has 0 aliphatic heterocycles. The first-order valence-electron chi connectivity index (χ1n) is 6.57. The lowest BCUT2D eigenvalue weighted by molar-refractivity contribution is 0.546. The molecule has 0 aliphatic carbocycles. The quantitative estimate of drug-likeness (QED) is 0.766. The maximum absolute atomic E-state index is 12.1. The standard InChI is InChI=1S/C12H23N3O2S2/c1-5-11-8-14-12(18-11)10(4)15-19(16,17)9(3)7-13-6-2/h8-10,13,15H,5-7H2,1-4H3. The number of sulfonamides is 1. The van der Waals surface area contributed by atoms with Crippen LogP contribution in [0.25, 0.3) is 0 Å². The highest BCUT2D eigenvalue weighted by Gasteiger charge is 2.24. The molecule has 0 saturated carbocycles. The largest absolute Gasteiger partial charge is 0.316 e. The number of rotatable bonds is 8. The van der Waals surface area contributed by atoms with E-state index in [1.165, 1.54) is 4.88 Å². The molecule has 0 bridgehead atoms. The van der Waals surface area contributed by atoms with E-state index in [0.29, 0.717) is 6.54 Å². The Kier molecular flexibility index (Phi) is 6.38. The van der Waals surface area contributed by atoms with E-state index >= 15 is 0 Å². The minimum absolute atomic E-state index is 0.278. The molecule has 0 spiro atoms. The van der Waals surface area contributed by atoms with E-state index in [4.69, 9.17) is 0 Å². The third-order valence-corrected chi connectivity index (χ3v) is 6.08. The predicted octanol–water partition coefficient (Wildman–Crippen LogP) is 1.68. The molecule has 0 aromatic carbocycles. The first-order valence-corrected chi connectivity index (χ1v) is 8.93. The third kappa shape index (κ3) is 4.83. The third-order valence-electron chi connectivity index (χ3n) is 2.84. The highest BCUT2D eigenvalue weighted by atomic mass is 32.2. The van der Waals surface area contributed by atoms with Crippen LogP contribution in [0, 0.1) is 0 Å². The minimum atomic E-state index is -3.32. The van der Waals surface area contributed by atoms with E-state index in [9.17, 15) is 8.42 Å². The van der Waals surface area contributed by atoms with Gasteiger partial charge in [0.05, 0.1) is 11.3 Å². The Morgan fingerprint density at radius 2 is 2.05 bits per heavy atom. The number of aromatic nitrogens is 1. The molecule has 0 amide bonds. The molecule has 7 heteroatoms. The van der Waals surface area contributed by atoms with Gasteiger partial charge in [-0.05, 0) is 26.8 Å². The van der Waals surface area contributed by atoms with Crippen LogP contribution in [0.15, 0.2) is 6.20 Å². The molecule has 2 N–H and O–H groups in total. The number of nitrogens with one attached hydrogen (secondary N) is 2.